The van der Waals surface area contributed by atoms with Crippen LogP contribution in [0.3, 0.4) is 0 Å². The van der Waals surface area contributed by atoms with E-state index in [2.05, 4.69) is 10.3 Å². The maximum absolute atomic E-state index is 14.4. The van der Waals surface area contributed by atoms with Gasteiger partial charge in [-0.25, -0.2) is 4.39 Å². The van der Waals surface area contributed by atoms with Crippen LogP contribution in [0.2, 0.25) is 5.02 Å². The molecule has 0 radical (unpaired) electrons. The molecule has 1 amide bonds. The molecule has 0 aliphatic heterocycles. The summed E-state index contributed by atoms with van der Waals surface area (Å²) in [6, 6.07) is 4.53. The maximum Gasteiger partial charge on any atom is 0.221 e. The summed E-state index contributed by atoms with van der Waals surface area (Å²) in [4.78, 5) is 15.4. The van der Waals surface area contributed by atoms with E-state index < -0.39 is 5.82 Å². The number of pyridine rings is 1. The van der Waals surface area contributed by atoms with Crippen molar-refractivity contribution in [2.24, 2.45) is 0 Å². The van der Waals surface area contributed by atoms with Crippen molar-refractivity contribution in [1.82, 2.24) is 4.98 Å². The number of amides is 1. The van der Waals surface area contributed by atoms with Crippen LogP contribution in [-0.4, -0.2) is 25.1 Å². The minimum Gasteiger partial charge on any atom is -0.493 e. The monoisotopic (exact) mass is 324 g/mol. The summed E-state index contributed by atoms with van der Waals surface area (Å²) in [5.74, 6) is -0.579. The highest BCUT2D eigenvalue weighted by Gasteiger charge is 2.17. The molecule has 0 bridgehead atoms. The van der Waals surface area contributed by atoms with Gasteiger partial charge in [0.15, 0.2) is 17.3 Å². The van der Waals surface area contributed by atoms with Gasteiger partial charge in [0.1, 0.15) is 0 Å². The topological polar surface area (TPSA) is 60.5 Å². The first-order valence-electron chi connectivity index (χ1n) is 6.32. The van der Waals surface area contributed by atoms with E-state index in [0.29, 0.717) is 17.1 Å². The molecule has 0 saturated heterocycles. The first kappa shape index (κ1) is 16.0. The van der Waals surface area contributed by atoms with Crippen LogP contribution < -0.4 is 14.8 Å². The van der Waals surface area contributed by atoms with Gasteiger partial charge in [-0.15, -0.1) is 0 Å². The van der Waals surface area contributed by atoms with E-state index in [-0.39, 0.29) is 22.2 Å². The van der Waals surface area contributed by atoms with E-state index in [0.717, 1.165) is 0 Å². The largest absolute Gasteiger partial charge is 0.493 e. The van der Waals surface area contributed by atoms with Crippen LogP contribution in [0.1, 0.15) is 6.92 Å². The lowest BCUT2D eigenvalue weighted by atomic mass is 10.1. The fourth-order valence-electron chi connectivity index (χ4n) is 1.96. The third-order valence-electron chi connectivity index (χ3n) is 2.93. The Hall–Kier alpha value is -2.34. The molecule has 5 nitrogen and oxygen atoms in total. The van der Waals surface area contributed by atoms with E-state index in [9.17, 15) is 9.18 Å². The molecule has 2 rings (SSSR count). The molecule has 0 aliphatic rings. The van der Waals surface area contributed by atoms with E-state index in [1.54, 1.807) is 0 Å². The molecule has 22 heavy (non-hydrogen) atoms. The van der Waals surface area contributed by atoms with Crippen LogP contribution in [0.4, 0.5) is 10.1 Å². The molecule has 1 aromatic carbocycles. The van der Waals surface area contributed by atoms with Crippen LogP contribution >= 0.6 is 11.6 Å². The molecule has 0 atom stereocenters. The SMILES string of the molecule is COc1cnc(-c2ccc(Cl)c(OC)c2F)cc1NC(C)=O. The van der Waals surface area contributed by atoms with Gasteiger partial charge in [-0.1, -0.05) is 11.6 Å². The third-order valence-corrected chi connectivity index (χ3v) is 3.22. The molecule has 1 aromatic heterocycles. The highest BCUT2D eigenvalue weighted by molar-refractivity contribution is 6.32. The predicted octanol–water partition coefficient (Wildman–Crippen LogP) is 3.52. The average Bonchev–Trinajstić information content (AvgIpc) is 2.47. The Morgan fingerprint density at radius 2 is 2.05 bits per heavy atom. The van der Waals surface area contributed by atoms with E-state index in [1.807, 2.05) is 0 Å². The Bertz CT molecular complexity index is 722. The quantitative estimate of drug-likeness (QED) is 0.934. The highest BCUT2D eigenvalue weighted by Crippen LogP contribution is 2.36. The van der Waals surface area contributed by atoms with Crippen molar-refractivity contribution in [2.45, 2.75) is 6.92 Å². The zero-order valence-electron chi connectivity index (χ0n) is 12.2. The minimum atomic E-state index is -0.624. The van der Waals surface area contributed by atoms with Crippen molar-refractivity contribution < 1.29 is 18.7 Å². The number of nitrogens with zero attached hydrogens (tertiary/aromatic N) is 1. The van der Waals surface area contributed by atoms with Gasteiger partial charge < -0.3 is 14.8 Å². The van der Waals surface area contributed by atoms with Gasteiger partial charge in [0.25, 0.3) is 0 Å². The minimum absolute atomic E-state index is 0.0575. The lowest BCUT2D eigenvalue weighted by Gasteiger charge is -2.12. The van der Waals surface area contributed by atoms with Gasteiger partial charge in [-0.05, 0) is 18.2 Å². The van der Waals surface area contributed by atoms with Crippen LogP contribution in [0, 0.1) is 5.82 Å². The Morgan fingerprint density at radius 3 is 2.64 bits per heavy atom. The summed E-state index contributed by atoms with van der Waals surface area (Å²) in [5.41, 5.74) is 0.917. The van der Waals surface area contributed by atoms with Gasteiger partial charge in [-0.3, -0.25) is 9.78 Å². The van der Waals surface area contributed by atoms with Crippen molar-refractivity contribution in [3.05, 3.63) is 35.2 Å². The summed E-state index contributed by atoms with van der Waals surface area (Å²) in [6.45, 7) is 1.37. The molecule has 2 aromatic rings. The summed E-state index contributed by atoms with van der Waals surface area (Å²) >= 11 is 5.87. The number of hydrogen-bond acceptors (Lipinski definition) is 4. The standard InChI is InChI=1S/C15H14ClFN2O3/c1-8(20)19-12-6-11(18-7-13(12)21-2)9-4-5-10(16)15(22-3)14(9)17/h4-7H,1-3H3,(H,18,19,20). The van der Waals surface area contributed by atoms with Crippen molar-refractivity contribution in [2.75, 3.05) is 19.5 Å². The number of benzene rings is 1. The van der Waals surface area contributed by atoms with Gasteiger partial charge in [0.2, 0.25) is 5.91 Å². The highest BCUT2D eigenvalue weighted by atomic mass is 35.5. The first-order valence-corrected chi connectivity index (χ1v) is 6.69. The number of nitrogens with one attached hydrogen (secondary N) is 1. The fourth-order valence-corrected chi connectivity index (χ4v) is 2.18. The summed E-state index contributed by atoms with van der Waals surface area (Å²) in [7, 11) is 2.78. The van der Waals surface area contributed by atoms with Gasteiger partial charge in [0, 0.05) is 12.5 Å². The van der Waals surface area contributed by atoms with Gasteiger partial charge in [0.05, 0.1) is 36.8 Å². The Balaban J connectivity index is 2.56. The molecular formula is C15H14ClFN2O3. The molecule has 0 unspecified atom stereocenters. The molecule has 1 N–H and O–H groups in total. The van der Waals surface area contributed by atoms with Crippen LogP contribution in [0.15, 0.2) is 24.4 Å². The number of rotatable bonds is 4. The molecule has 116 valence electrons. The average molecular weight is 325 g/mol. The zero-order chi connectivity index (χ0) is 16.3. The first-order chi connectivity index (χ1) is 10.5. The van der Waals surface area contributed by atoms with E-state index in [4.69, 9.17) is 21.1 Å². The van der Waals surface area contributed by atoms with Crippen LogP contribution in [0.5, 0.6) is 11.5 Å². The molecule has 7 heteroatoms. The number of carbonyl (C=O) groups is 1. The Kier molecular flexibility index (Phi) is 4.82. The van der Waals surface area contributed by atoms with Crippen molar-refractivity contribution in [3.8, 4) is 22.8 Å². The number of halogens is 2. The normalized spacial score (nSPS) is 10.2. The van der Waals surface area contributed by atoms with Crippen LogP contribution in [-0.2, 0) is 4.79 Å². The number of ether oxygens (including phenoxy) is 2. The number of aromatic nitrogens is 1. The lowest BCUT2D eigenvalue weighted by molar-refractivity contribution is -0.114. The number of methoxy groups -OCH3 is 2. The van der Waals surface area contributed by atoms with E-state index >= 15 is 0 Å². The Labute approximate surface area is 132 Å². The van der Waals surface area contributed by atoms with Crippen molar-refractivity contribution >= 4 is 23.2 Å². The van der Waals surface area contributed by atoms with Gasteiger partial charge in [-0.2, -0.15) is 0 Å². The van der Waals surface area contributed by atoms with Crippen LogP contribution in [0.25, 0.3) is 11.3 Å². The summed E-state index contributed by atoms with van der Waals surface area (Å²) in [5, 5.41) is 2.78. The number of hydrogen-bond donors (Lipinski definition) is 1. The number of anilines is 1. The molecule has 0 spiro atoms. The third kappa shape index (κ3) is 3.12. The Morgan fingerprint density at radius 1 is 1.32 bits per heavy atom. The predicted molar refractivity (Wildman–Crippen MR) is 82.0 cm³/mol. The second-order valence-corrected chi connectivity index (χ2v) is 4.80. The molecule has 1 heterocycles. The molecule has 0 fully saturated rings. The van der Waals surface area contributed by atoms with Crippen molar-refractivity contribution in [3.63, 3.8) is 0 Å². The summed E-state index contributed by atoms with van der Waals surface area (Å²) in [6.07, 6.45) is 1.40. The van der Waals surface area contributed by atoms with Crippen molar-refractivity contribution in [1.29, 1.82) is 0 Å². The molecular weight excluding hydrogens is 311 g/mol. The fraction of sp³-hybridized carbons (Fsp3) is 0.200. The maximum atomic E-state index is 14.4. The second-order valence-electron chi connectivity index (χ2n) is 4.39. The number of carbonyl (C=O) groups excluding carboxylic acids is 1. The van der Waals surface area contributed by atoms with E-state index in [1.165, 1.54) is 45.5 Å². The van der Waals surface area contributed by atoms with Gasteiger partial charge >= 0.3 is 0 Å². The molecule has 0 aliphatic carbocycles. The molecule has 0 saturated carbocycles. The lowest BCUT2D eigenvalue weighted by Crippen LogP contribution is -2.08. The zero-order valence-corrected chi connectivity index (χ0v) is 13.0. The second kappa shape index (κ2) is 6.62. The summed E-state index contributed by atoms with van der Waals surface area (Å²) < 4.78 is 24.5. The smallest absolute Gasteiger partial charge is 0.221 e.